The largest absolute Gasteiger partial charge is 0.494 e. The molecule has 19 heavy (non-hydrogen) atoms. The number of methoxy groups -OCH3 is 1. The van der Waals surface area contributed by atoms with Gasteiger partial charge < -0.3 is 4.74 Å². The van der Waals surface area contributed by atoms with Crippen LogP contribution < -0.4 is 4.74 Å². The lowest BCUT2D eigenvalue weighted by atomic mass is 10.0. The molecule has 0 amide bonds. The van der Waals surface area contributed by atoms with Gasteiger partial charge in [-0.2, -0.15) is 0 Å². The lowest BCUT2D eigenvalue weighted by Crippen LogP contribution is -1.92. The van der Waals surface area contributed by atoms with Gasteiger partial charge in [0.25, 0.3) is 0 Å². The maximum absolute atomic E-state index is 13.7. The second-order valence-electron chi connectivity index (χ2n) is 3.81. The molecule has 0 aliphatic rings. The van der Waals surface area contributed by atoms with Gasteiger partial charge in [-0.05, 0) is 28.9 Å². The summed E-state index contributed by atoms with van der Waals surface area (Å²) in [5.74, 6) is -0.286. The number of nitrogens with zero attached hydrogens (tertiary/aromatic N) is 1. The predicted molar refractivity (Wildman–Crippen MR) is 69.2 cm³/mol. The Balaban J connectivity index is 2.69. The highest BCUT2D eigenvalue weighted by Crippen LogP contribution is 2.36. The van der Waals surface area contributed by atoms with Crippen molar-refractivity contribution in [3.05, 3.63) is 52.7 Å². The lowest BCUT2D eigenvalue weighted by Gasteiger charge is -2.09. The summed E-state index contributed by atoms with van der Waals surface area (Å²) in [7, 11) is 1.35. The summed E-state index contributed by atoms with van der Waals surface area (Å²) in [5, 5.41) is 2.77. The van der Waals surface area contributed by atoms with Crippen molar-refractivity contribution in [3.63, 3.8) is 0 Å². The first kappa shape index (κ1) is 12.9. The Morgan fingerprint density at radius 3 is 2.58 bits per heavy atom. The van der Waals surface area contributed by atoms with Crippen molar-refractivity contribution in [1.29, 1.82) is 0 Å². The van der Waals surface area contributed by atoms with E-state index in [1.807, 2.05) is 0 Å². The minimum atomic E-state index is -0.423. The van der Waals surface area contributed by atoms with Crippen molar-refractivity contribution >= 4 is 12.0 Å². The van der Waals surface area contributed by atoms with Crippen LogP contribution in [0.15, 0.2) is 41.6 Å². The van der Waals surface area contributed by atoms with Gasteiger partial charge in [-0.3, -0.25) is 4.79 Å². The normalized spacial score (nSPS) is 10.0. The number of ether oxygens (including phenoxy) is 1. The number of aldehydes is 1. The van der Waals surface area contributed by atoms with Crippen LogP contribution in [0.5, 0.6) is 5.75 Å². The molecule has 0 saturated carbocycles. The van der Waals surface area contributed by atoms with Crippen LogP contribution >= 0.6 is 0 Å². The van der Waals surface area contributed by atoms with E-state index in [0.717, 1.165) is 0 Å². The zero-order valence-corrected chi connectivity index (χ0v) is 10.1. The van der Waals surface area contributed by atoms with Crippen molar-refractivity contribution in [2.24, 2.45) is 5.18 Å². The lowest BCUT2D eigenvalue weighted by molar-refractivity contribution is 0.112. The maximum Gasteiger partial charge on any atom is 0.160 e. The number of nitroso groups, excluding NO2 is 1. The molecule has 2 aromatic carbocycles. The fraction of sp³-hybridized carbons (Fsp3) is 0.0714. The Hall–Kier alpha value is -2.56. The third-order valence-corrected chi connectivity index (χ3v) is 2.73. The van der Waals surface area contributed by atoms with E-state index in [0.29, 0.717) is 17.4 Å². The number of carbonyl (C=O) groups excluding carboxylic acids is 1. The fourth-order valence-electron chi connectivity index (χ4n) is 1.82. The van der Waals surface area contributed by atoms with Crippen LogP contribution in [0.4, 0.5) is 10.1 Å². The number of carbonyl (C=O) groups is 1. The van der Waals surface area contributed by atoms with E-state index >= 15 is 0 Å². The molecule has 0 heterocycles. The van der Waals surface area contributed by atoms with Crippen LogP contribution in [-0.4, -0.2) is 13.4 Å². The Bertz CT molecular complexity index is 641. The van der Waals surface area contributed by atoms with Gasteiger partial charge in [0.2, 0.25) is 0 Å². The number of hydrogen-bond donors (Lipinski definition) is 0. The predicted octanol–water partition coefficient (Wildman–Crippen LogP) is 3.71. The SMILES string of the molecule is COc1cc(-c2ccccc2F)cc(C=O)c1N=O. The molecule has 2 rings (SSSR count). The van der Waals surface area contributed by atoms with Gasteiger partial charge in [0.05, 0.1) is 7.11 Å². The number of hydrogen-bond acceptors (Lipinski definition) is 4. The van der Waals surface area contributed by atoms with Gasteiger partial charge >= 0.3 is 0 Å². The average Bonchev–Trinajstić information content (AvgIpc) is 2.46. The van der Waals surface area contributed by atoms with Crippen molar-refractivity contribution in [3.8, 4) is 16.9 Å². The Kier molecular flexibility index (Phi) is 3.66. The third-order valence-electron chi connectivity index (χ3n) is 2.73. The Labute approximate surface area is 108 Å². The van der Waals surface area contributed by atoms with E-state index in [2.05, 4.69) is 5.18 Å². The second kappa shape index (κ2) is 5.39. The summed E-state index contributed by atoms with van der Waals surface area (Å²) < 4.78 is 18.7. The fourth-order valence-corrected chi connectivity index (χ4v) is 1.82. The van der Waals surface area contributed by atoms with Crippen molar-refractivity contribution in [2.75, 3.05) is 7.11 Å². The molecular weight excluding hydrogens is 249 g/mol. The van der Waals surface area contributed by atoms with Crippen LogP contribution in [-0.2, 0) is 0 Å². The molecule has 0 atom stereocenters. The first-order chi connectivity index (χ1) is 9.21. The molecule has 0 unspecified atom stereocenters. The topological polar surface area (TPSA) is 55.7 Å². The molecule has 0 spiro atoms. The molecule has 2 aromatic rings. The van der Waals surface area contributed by atoms with Crippen LogP contribution in [0.25, 0.3) is 11.1 Å². The highest BCUT2D eigenvalue weighted by atomic mass is 19.1. The van der Waals surface area contributed by atoms with E-state index in [4.69, 9.17) is 4.74 Å². The van der Waals surface area contributed by atoms with E-state index in [9.17, 15) is 14.1 Å². The molecule has 0 N–H and O–H groups in total. The standard InChI is InChI=1S/C14H10FNO3/c1-19-13-7-9(6-10(8-17)14(13)16-18)11-4-2-3-5-12(11)15/h2-8H,1H3. The smallest absolute Gasteiger partial charge is 0.160 e. The Morgan fingerprint density at radius 1 is 1.26 bits per heavy atom. The van der Waals surface area contributed by atoms with Crippen molar-refractivity contribution < 1.29 is 13.9 Å². The molecule has 0 aromatic heterocycles. The molecule has 96 valence electrons. The second-order valence-corrected chi connectivity index (χ2v) is 3.81. The number of halogens is 1. The van der Waals surface area contributed by atoms with Crippen molar-refractivity contribution in [1.82, 2.24) is 0 Å². The van der Waals surface area contributed by atoms with Gasteiger partial charge in [-0.25, -0.2) is 4.39 Å². The highest BCUT2D eigenvalue weighted by molar-refractivity contribution is 5.89. The molecule has 0 radical (unpaired) electrons. The summed E-state index contributed by atoms with van der Waals surface area (Å²) in [4.78, 5) is 21.7. The van der Waals surface area contributed by atoms with Gasteiger partial charge in [0.1, 0.15) is 11.6 Å². The molecule has 0 saturated heterocycles. The van der Waals surface area contributed by atoms with Crippen LogP contribution in [0.1, 0.15) is 10.4 Å². The quantitative estimate of drug-likeness (QED) is 0.621. The summed E-state index contributed by atoms with van der Waals surface area (Å²) in [5.41, 5.74) is 0.746. The molecular formula is C14H10FNO3. The maximum atomic E-state index is 13.7. The molecule has 5 heteroatoms. The molecule has 0 aliphatic carbocycles. The van der Waals surface area contributed by atoms with Gasteiger partial charge in [-0.15, -0.1) is 4.91 Å². The first-order valence-electron chi connectivity index (χ1n) is 5.46. The zero-order valence-electron chi connectivity index (χ0n) is 10.1. The third kappa shape index (κ3) is 2.35. The minimum absolute atomic E-state index is 0.0626. The van der Waals surface area contributed by atoms with Gasteiger partial charge in [-0.1, -0.05) is 18.2 Å². The van der Waals surface area contributed by atoms with E-state index in [1.54, 1.807) is 18.2 Å². The van der Waals surface area contributed by atoms with E-state index in [1.165, 1.54) is 25.3 Å². The number of rotatable bonds is 4. The first-order valence-corrected chi connectivity index (χ1v) is 5.46. The summed E-state index contributed by atoms with van der Waals surface area (Å²) in [6.45, 7) is 0. The molecule has 0 fully saturated rings. The monoisotopic (exact) mass is 259 g/mol. The molecule has 0 aliphatic heterocycles. The van der Waals surface area contributed by atoms with E-state index in [-0.39, 0.29) is 17.0 Å². The average molecular weight is 259 g/mol. The molecule has 0 bridgehead atoms. The van der Waals surface area contributed by atoms with Crippen LogP contribution in [0.2, 0.25) is 0 Å². The van der Waals surface area contributed by atoms with Crippen molar-refractivity contribution in [2.45, 2.75) is 0 Å². The van der Waals surface area contributed by atoms with Gasteiger partial charge in [0, 0.05) is 11.1 Å². The minimum Gasteiger partial charge on any atom is -0.494 e. The van der Waals surface area contributed by atoms with E-state index < -0.39 is 5.82 Å². The van der Waals surface area contributed by atoms with Crippen LogP contribution in [0, 0.1) is 10.7 Å². The summed E-state index contributed by atoms with van der Waals surface area (Å²) >= 11 is 0. The number of benzene rings is 2. The Morgan fingerprint density at radius 2 is 2.00 bits per heavy atom. The summed E-state index contributed by atoms with van der Waals surface area (Å²) in [6, 6.07) is 9.02. The zero-order chi connectivity index (χ0) is 13.8. The highest BCUT2D eigenvalue weighted by Gasteiger charge is 2.14. The molecule has 4 nitrogen and oxygen atoms in total. The van der Waals surface area contributed by atoms with Crippen LogP contribution in [0.3, 0.4) is 0 Å². The summed E-state index contributed by atoms with van der Waals surface area (Å²) in [6.07, 6.45) is 0.490. The van der Waals surface area contributed by atoms with Gasteiger partial charge in [0.15, 0.2) is 12.0 Å².